The van der Waals surface area contributed by atoms with E-state index in [0.29, 0.717) is 11.6 Å². The van der Waals surface area contributed by atoms with Crippen LogP contribution in [0.5, 0.6) is 0 Å². The molecular weight excluding hydrogens is 574 g/mol. The molecule has 41 heavy (non-hydrogen) atoms. The van der Waals surface area contributed by atoms with Gasteiger partial charge in [0.25, 0.3) is 0 Å². The third kappa shape index (κ3) is 7.92. The molecule has 0 nitrogen and oxygen atoms in total. The molecule has 0 aliphatic heterocycles. The molecule has 214 valence electrons. The molecule has 2 aromatic rings. The maximum absolute atomic E-state index is 2.57. The molecule has 3 heteroatoms. The van der Waals surface area contributed by atoms with Crippen LogP contribution in [0.4, 0.5) is 0 Å². The molecule has 10 radical (unpaired) electrons. The van der Waals surface area contributed by atoms with Gasteiger partial charge in [0.15, 0.2) is 0 Å². The molecular formula is C38H46FeP2+2. The van der Waals surface area contributed by atoms with Crippen molar-refractivity contribution in [1.82, 2.24) is 0 Å². The van der Waals surface area contributed by atoms with Gasteiger partial charge in [0.05, 0.1) is 0 Å². The maximum Gasteiger partial charge on any atom is 2.00 e. The van der Waals surface area contributed by atoms with Gasteiger partial charge in [-0.15, -0.1) is 0 Å². The van der Waals surface area contributed by atoms with Crippen LogP contribution in [-0.4, -0.2) is 17.0 Å². The van der Waals surface area contributed by atoms with Crippen molar-refractivity contribution in [3.05, 3.63) is 123 Å². The van der Waals surface area contributed by atoms with Crippen LogP contribution in [0, 0.1) is 68.4 Å². The second-order valence-corrected chi connectivity index (χ2v) is 17.4. The van der Waals surface area contributed by atoms with Crippen LogP contribution in [-0.2, 0) is 17.1 Å². The number of benzene rings is 2. The van der Waals surface area contributed by atoms with Crippen LogP contribution in [0.3, 0.4) is 0 Å². The van der Waals surface area contributed by atoms with Gasteiger partial charge in [-0.2, -0.15) is 0 Å². The third-order valence-electron chi connectivity index (χ3n) is 9.64. The van der Waals surface area contributed by atoms with Crippen LogP contribution in [0.2, 0.25) is 0 Å². The Morgan fingerprint density at radius 1 is 0.634 bits per heavy atom. The Balaban J connectivity index is 0.00000337. The number of hydrogen-bond acceptors (Lipinski definition) is 0. The summed E-state index contributed by atoms with van der Waals surface area (Å²) in [5.41, 5.74) is 4.22. The molecule has 6 rings (SSSR count). The van der Waals surface area contributed by atoms with E-state index < -0.39 is 7.92 Å². The van der Waals surface area contributed by atoms with E-state index in [1.165, 1.54) is 87.2 Å². The molecule has 0 aromatic heterocycles. The molecule has 0 spiro atoms. The van der Waals surface area contributed by atoms with Crippen molar-refractivity contribution in [2.24, 2.45) is 5.92 Å². The quantitative estimate of drug-likeness (QED) is 0.183. The summed E-state index contributed by atoms with van der Waals surface area (Å²) in [6.45, 7) is 2.51. The molecule has 0 amide bonds. The van der Waals surface area contributed by atoms with E-state index in [1.54, 1.807) is 11.6 Å². The van der Waals surface area contributed by atoms with Crippen LogP contribution in [0.1, 0.15) is 77.6 Å². The topological polar surface area (TPSA) is 0 Å². The molecule has 4 saturated carbocycles. The molecule has 0 unspecified atom stereocenters. The molecule has 0 saturated heterocycles. The molecule has 4 aliphatic rings. The van der Waals surface area contributed by atoms with Crippen molar-refractivity contribution >= 4 is 26.5 Å². The van der Waals surface area contributed by atoms with Crippen LogP contribution < -0.4 is 10.6 Å². The zero-order valence-electron chi connectivity index (χ0n) is 24.7. The first kappa shape index (κ1) is 32.2. The first-order valence-corrected chi connectivity index (χ1v) is 18.8. The molecule has 2 atom stereocenters. The van der Waals surface area contributed by atoms with Gasteiger partial charge < -0.3 is 0 Å². The fraction of sp³-hybridized carbons (Fsp3) is 0.421. The van der Waals surface area contributed by atoms with E-state index in [0.717, 1.165) is 11.3 Å². The van der Waals surface area contributed by atoms with Crippen molar-refractivity contribution in [2.45, 2.75) is 94.5 Å². The fourth-order valence-electron chi connectivity index (χ4n) is 7.65. The van der Waals surface area contributed by atoms with Crippen molar-refractivity contribution in [2.75, 3.05) is 0 Å². The summed E-state index contributed by atoms with van der Waals surface area (Å²) in [5, 5.41) is 2.97. The van der Waals surface area contributed by atoms with Crippen molar-refractivity contribution in [1.29, 1.82) is 0 Å². The normalized spacial score (nSPS) is 23.7. The van der Waals surface area contributed by atoms with Gasteiger partial charge in [0.1, 0.15) is 0 Å². The first-order valence-electron chi connectivity index (χ1n) is 15.9. The molecule has 0 bridgehead atoms. The largest absolute Gasteiger partial charge is 2.00 e. The van der Waals surface area contributed by atoms with Crippen molar-refractivity contribution in [3.8, 4) is 0 Å². The third-order valence-corrected chi connectivity index (χ3v) is 16.1. The van der Waals surface area contributed by atoms with E-state index in [9.17, 15) is 0 Å². The van der Waals surface area contributed by atoms with Gasteiger partial charge in [-0.25, -0.2) is 0 Å². The van der Waals surface area contributed by atoms with Gasteiger partial charge in [-0.05, 0) is 130 Å². The zero-order valence-corrected chi connectivity index (χ0v) is 27.5. The van der Waals surface area contributed by atoms with Crippen molar-refractivity contribution in [3.63, 3.8) is 0 Å². The molecule has 0 heterocycles. The summed E-state index contributed by atoms with van der Waals surface area (Å²) in [5.74, 6) is 3.84. The Labute approximate surface area is 266 Å². The van der Waals surface area contributed by atoms with Gasteiger partial charge in [-0.1, -0.05) is 114 Å². The van der Waals surface area contributed by atoms with E-state index in [1.807, 2.05) is 0 Å². The van der Waals surface area contributed by atoms with Gasteiger partial charge >= 0.3 is 17.1 Å². The van der Waals surface area contributed by atoms with E-state index in [-0.39, 0.29) is 25.0 Å². The van der Waals surface area contributed by atoms with Gasteiger partial charge in [-0.3, -0.25) is 0 Å². The minimum atomic E-state index is -0.581. The number of hydrogen-bond donors (Lipinski definition) is 0. The Morgan fingerprint density at radius 3 is 1.66 bits per heavy atom. The SMILES string of the molecule is C[C@@H](C[C@@H]([C]1[CH][CH][CH][C]1P(c1ccccc1)c1ccccc1)P(C1CCCCC1)C1CCCCC1)[C]1[CH][CH][CH][CH]1.[Fe+2]. The Kier molecular flexibility index (Phi) is 12.7. The molecule has 2 aromatic carbocycles. The summed E-state index contributed by atoms with van der Waals surface area (Å²) in [6.07, 6.45) is 32.6. The second-order valence-electron chi connectivity index (χ2n) is 12.3. The Hall–Kier alpha value is -0.181. The second kappa shape index (κ2) is 16.2. The van der Waals surface area contributed by atoms with Crippen LogP contribution >= 0.6 is 15.8 Å². The number of rotatable bonds is 10. The van der Waals surface area contributed by atoms with E-state index in [2.05, 4.69) is 113 Å². The fourth-order valence-corrected chi connectivity index (χ4v) is 14.9. The predicted molar refractivity (Wildman–Crippen MR) is 177 cm³/mol. The molecule has 4 fully saturated rings. The monoisotopic (exact) mass is 620 g/mol. The maximum atomic E-state index is 2.57. The smallest absolute Gasteiger partial charge is 0.0965 e. The summed E-state index contributed by atoms with van der Waals surface area (Å²) < 4.78 is 0. The van der Waals surface area contributed by atoms with E-state index >= 15 is 0 Å². The van der Waals surface area contributed by atoms with E-state index in [4.69, 9.17) is 0 Å². The predicted octanol–water partition coefficient (Wildman–Crippen LogP) is 9.80. The first-order chi connectivity index (χ1) is 19.8. The molecule has 0 N–H and O–H groups in total. The Bertz CT molecular complexity index is 936. The standard InChI is InChI=1S/C38H46P2.Fe/c1-30(31-17-14-15-18-31)29-38(40(34-23-10-4-11-24-34)35-25-12-5-13-26-35)36-27-16-28-37(36)39(32-19-6-2-7-20-32)33-21-8-3-9-22-33;/h2-3,6-9,14-22,27-28,30,34-35,38H,4-5,10-13,23-26,29H2,1H3;/q;+2/t30-,38-;/m0./s1. The Morgan fingerprint density at radius 2 is 1.15 bits per heavy atom. The van der Waals surface area contributed by atoms with Crippen molar-refractivity contribution < 1.29 is 17.1 Å². The minimum absolute atomic E-state index is 0. The van der Waals surface area contributed by atoms with Crippen LogP contribution in [0.15, 0.2) is 60.7 Å². The zero-order chi connectivity index (χ0) is 27.1. The van der Waals surface area contributed by atoms with Gasteiger partial charge in [0, 0.05) is 5.66 Å². The molecule has 4 aliphatic carbocycles. The van der Waals surface area contributed by atoms with Gasteiger partial charge in [0.2, 0.25) is 0 Å². The summed E-state index contributed by atoms with van der Waals surface area (Å²) in [7, 11) is -0.669. The summed E-state index contributed by atoms with van der Waals surface area (Å²) in [4.78, 5) is 0. The minimum Gasteiger partial charge on any atom is -0.0965 e. The average Bonchev–Trinajstić information content (AvgIpc) is 3.73. The summed E-state index contributed by atoms with van der Waals surface area (Å²) >= 11 is 0. The summed E-state index contributed by atoms with van der Waals surface area (Å²) in [6, 6.07) is 22.8. The average molecular weight is 621 g/mol. The van der Waals surface area contributed by atoms with Crippen LogP contribution in [0.25, 0.3) is 0 Å².